The second-order valence-electron chi connectivity index (χ2n) is 3.05. The van der Waals surface area contributed by atoms with Crippen LogP contribution >= 0.6 is 11.6 Å². The van der Waals surface area contributed by atoms with Crippen molar-refractivity contribution in [1.29, 1.82) is 0 Å². The van der Waals surface area contributed by atoms with Crippen molar-refractivity contribution in [3.8, 4) is 0 Å². The molecule has 0 aliphatic rings. The van der Waals surface area contributed by atoms with Gasteiger partial charge in [-0.1, -0.05) is 23.7 Å². The molecule has 76 valence electrons. The predicted octanol–water partition coefficient (Wildman–Crippen LogP) is 2.56. The molecule has 0 bridgehead atoms. The van der Waals surface area contributed by atoms with E-state index in [0.717, 1.165) is 10.9 Å². The second kappa shape index (κ2) is 4.28. The second-order valence-corrected chi connectivity index (χ2v) is 3.48. The average Bonchev–Trinajstić information content (AvgIpc) is 2.25. The van der Waals surface area contributed by atoms with Crippen LogP contribution in [0.4, 0.5) is 0 Å². The lowest BCUT2D eigenvalue weighted by Gasteiger charge is -2.01. The Morgan fingerprint density at radius 1 is 1.33 bits per heavy atom. The summed E-state index contributed by atoms with van der Waals surface area (Å²) in [5.74, 6) is 0. The van der Waals surface area contributed by atoms with Crippen LogP contribution in [0, 0.1) is 0 Å². The number of pyridine rings is 1. The number of hydrogen-bond donors (Lipinski definition) is 0. The summed E-state index contributed by atoms with van der Waals surface area (Å²) in [4.78, 5) is 14.3. The van der Waals surface area contributed by atoms with Gasteiger partial charge in [0.05, 0.1) is 11.2 Å². The first-order chi connectivity index (χ1) is 7.29. The topological polar surface area (TPSA) is 39.2 Å². The van der Waals surface area contributed by atoms with E-state index in [1.54, 1.807) is 6.07 Å². The molecule has 0 amide bonds. The quantitative estimate of drug-likeness (QED) is 0.748. The average molecular weight is 222 g/mol. The van der Waals surface area contributed by atoms with E-state index >= 15 is 0 Å². The van der Waals surface area contributed by atoms with E-state index in [1.807, 2.05) is 24.3 Å². The van der Waals surface area contributed by atoms with Crippen LogP contribution in [0.15, 0.2) is 30.3 Å². The monoisotopic (exact) mass is 221 g/mol. The minimum atomic E-state index is 0.186. The third-order valence-corrected chi connectivity index (χ3v) is 2.25. The van der Waals surface area contributed by atoms with Gasteiger partial charge in [-0.15, -0.1) is 0 Å². The molecule has 2 aromatic rings. The molecule has 0 aliphatic carbocycles. The van der Waals surface area contributed by atoms with E-state index < -0.39 is 0 Å². The summed E-state index contributed by atoms with van der Waals surface area (Å²) in [5, 5.41) is 1.65. The van der Waals surface area contributed by atoms with Gasteiger partial charge in [-0.3, -0.25) is 4.79 Å². The van der Waals surface area contributed by atoms with Gasteiger partial charge in [0.1, 0.15) is 6.61 Å². The number of carbonyl (C=O) groups excluding carboxylic acids is 1. The van der Waals surface area contributed by atoms with Gasteiger partial charge in [0.2, 0.25) is 0 Å². The van der Waals surface area contributed by atoms with Gasteiger partial charge in [0.15, 0.2) is 0 Å². The Labute approximate surface area is 91.6 Å². The fourth-order valence-electron chi connectivity index (χ4n) is 1.33. The SMILES string of the molecule is O=COCc1ccc2ccc(Cl)cc2n1. The summed E-state index contributed by atoms with van der Waals surface area (Å²) < 4.78 is 4.62. The zero-order chi connectivity index (χ0) is 10.7. The summed E-state index contributed by atoms with van der Waals surface area (Å²) in [6.45, 7) is 0.593. The number of halogens is 1. The third-order valence-electron chi connectivity index (χ3n) is 2.01. The molecule has 0 unspecified atom stereocenters. The van der Waals surface area contributed by atoms with Gasteiger partial charge in [-0.2, -0.15) is 0 Å². The number of aromatic nitrogens is 1. The first-order valence-electron chi connectivity index (χ1n) is 4.40. The number of nitrogens with zero attached hydrogens (tertiary/aromatic N) is 1. The number of rotatable bonds is 3. The number of fused-ring (bicyclic) bond motifs is 1. The van der Waals surface area contributed by atoms with Gasteiger partial charge in [-0.25, -0.2) is 4.98 Å². The van der Waals surface area contributed by atoms with Crippen LogP contribution in [0.2, 0.25) is 5.02 Å². The molecular weight excluding hydrogens is 214 g/mol. The Balaban J connectivity index is 2.40. The molecule has 0 saturated carbocycles. The molecule has 0 radical (unpaired) electrons. The van der Waals surface area contributed by atoms with Crippen LogP contribution < -0.4 is 0 Å². The normalized spacial score (nSPS) is 10.2. The van der Waals surface area contributed by atoms with Crippen LogP contribution in [-0.4, -0.2) is 11.5 Å². The molecule has 0 saturated heterocycles. The molecule has 3 nitrogen and oxygen atoms in total. The maximum absolute atomic E-state index is 10.0. The molecule has 0 aliphatic heterocycles. The minimum Gasteiger partial charge on any atom is -0.461 e. The molecule has 4 heteroatoms. The fourth-order valence-corrected chi connectivity index (χ4v) is 1.50. The van der Waals surface area contributed by atoms with Crippen molar-refractivity contribution >= 4 is 29.0 Å². The largest absolute Gasteiger partial charge is 0.461 e. The van der Waals surface area contributed by atoms with Crippen molar-refractivity contribution in [3.63, 3.8) is 0 Å². The maximum atomic E-state index is 10.0. The number of ether oxygens (including phenoxy) is 1. The highest BCUT2D eigenvalue weighted by molar-refractivity contribution is 6.31. The van der Waals surface area contributed by atoms with Crippen molar-refractivity contribution in [3.05, 3.63) is 41.0 Å². The molecule has 15 heavy (non-hydrogen) atoms. The van der Waals surface area contributed by atoms with E-state index in [9.17, 15) is 4.79 Å². The summed E-state index contributed by atoms with van der Waals surface area (Å²) in [6.07, 6.45) is 0. The zero-order valence-corrected chi connectivity index (χ0v) is 8.57. The lowest BCUT2D eigenvalue weighted by molar-refractivity contribution is -0.129. The van der Waals surface area contributed by atoms with Crippen molar-refractivity contribution in [2.45, 2.75) is 6.61 Å². The first-order valence-corrected chi connectivity index (χ1v) is 4.78. The van der Waals surface area contributed by atoms with Crippen LogP contribution in [0.3, 0.4) is 0 Å². The number of benzene rings is 1. The molecule has 0 spiro atoms. The molecular formula is C11H8ClNO2. The lowest BCUT2D eigenvalue weighted by atomic mass is 10.2. The molecule has 0 atom stereocenters. The van der Waals surface area contributed by atoms with E-state index in [4.69, 9.17) is 11.6 Å². The fraction of sp³-hybridized carbons (Fsp3) is 0.0909. The van der Waals surface area contributed by atoms with Gasteiger partial charge < -0.3 is 4.74 Å². The van der Waals surface area contributed by atoms with Gasteiger partial charge >= 0.3 is 0 Å². The predicted molar refractivity (Wildman–Crippen MR) is 57.6 cm³/mol. The first kappa shape index (κ1) is 9.93. The highest BCUT2D eigenvalue weighted by atomic mass is 35.5. The molecule has 0 fully saturated rings. The maximum Gasteiger partial charge on any atom is 0.293 e. The van der Waals surface area contributed by atoms with E-state index in [2.05, 4.69) is 9.72 Å². The summed E-state index contributed by atoms with van der Waals surface area (Å²) in [5.41, 5.74) is 1.51. The Morgan fingerprint density at radius 2 is 2.13 bits per heavy atom. The highest BCUT2D eigenvalue weighted by Gasteiger charge is 1.99. The molecule has 2 rings (SSSR count). The summed E-state index contributed by atoms with van der Waals surface area (Å²) in [7, 11) is 0. The minimum absolute atomic E-state index is 0.186. The van der Waals surface area contributed by atoms with Crippen molar-refractivity contribution < 1.29 is 9.53 Å². The Kier molecular flexibility index (Phi) is 2.83. The lowest BCUT2D eigenvalue weighted by Crippen LogP contribution is -1.93. The summed E-state index contributed by atoms with van der Waals surface area (Å²) >= 11 is 5.85. The Morgan fingerprint density at radius 3 is 2.93 bits per heavy atom. The zero-order valence-electron chi connectivity index (χ0n) is 7.81. The Bertz CT molecular complexity index is 499. The third kappa shape index (κ3) is 2.25. The van der Waals surface area contributed by atoms with Crippen LogP contribution in [0.5, 0.6) is 0 Å². The highest BCUT2D eigenvalue weighted by Crippen LogP contribution is 2.18. The standard InChI is InChI=1S/C11H8ClNO2/c12-9-3-1-8-2-4-10(6-15-7-14)13-11(8)5-9/h1-5,7H,6H2. The van der Waals surface area contributed by atoms with Gasteiger partial charge in [0.25, 0.3) is 6.47 Å². The van der Waals surface area contributed by atoms with Crippen molar-refractivity contribution in [1.82, 2.24) is 4.98 Å². The van der Waals surface area contributed by atoms with E-state index in [0.29, 0.717) is 17.2 Å². The van der Waals surface area contributed by atoms with Gasteiger partial charge in [0, 0.05) is 10.4 Å². The van der Waals surface area contributed by atoms with Crippen LogP contribution in [0.1, 0.15) is 5.69 Å². The van der Waals surface area contributed by atoms with Gasteiger partial charge in [-0.05, 0) is 18.2 Å². The number of hydrogen-bond acceptors (Lipinski definition) is 3. The van der Waals surface area contributed by atoms with E-state index in [1.165, 1.54) is 0 Å². The van der Waals surface area contributed by atoms with Crippen LogP contribution in [-0.2, 0) is 16.1 Å². The number of carbonyl (C=O) groups is 1. The molecule has 1 aromatic heterocycles. The smallest absolute Gasteiger partial charge is 0.293 e. The van der Waals surface area contributed by atoms with Crippen LogP contribution in [0.25, 0.3) is 10.9 Å². The van der Waals surface area contributed by atoms with E-state index in [-0.39, 0.29) is 6.61 Å². The molecule has 1 aromatic carbocycles. The molecule has 1 heterocycles. The van der Waals surface area contributed by atoms with Crippen molar-refractivity contribution in [2.24, 2.45) is 0 Å². The summed E-state index contributed by atoms with van der Waals surface area (Å²) in [6, 6.07) is 9.23. The van der Waals surface area contributed by atoms with Crippen molar-refractivity contribution in [2.75, 3.05) is 0 Å². The molecule has 0 N–H and O–H groups in total. The Hall–Kier alpha value is -1.61.